The van der Waals surface area contributed by atoms with Crippen LogP contribution in [0.5, 0.6) is 5.75 Å². The summed E-state index contributed by atoms with van der Waals surface area (Å²) in [6, 6.07) is 15.7. The zero-order valence-corrected chi connectivity index (χ0v) is 14.4. The first-order valence-electron chi connectivity index (χ1n) is 8.29. The van der Waals surface area contributed by atoms with E-state index in [1.807, 2.05) is 30.3 Å². The predicted octanol–water partition coefficient (Wildman–Crippen LogP) is 3.67. The summed E-state index contributed by atoms with van der Waals surface area (Å²) in [5, 5.41) is 6.66. The first-order valence-corrected chi connectivity index (χ1v) is 8.29. The Labute approximate surface area is 150 Å². The van der Waals surface area contributed by atoms with Crippen LogP contribution in [-0.4, -0.2) is 17.6 Å². The smallest absolute Gasteiger partial charge is 0.273 e. The van der Waals surface area contributed by atoms with Gasteiger partial charge in [-0.25, -0.2) is 4.39 Å². The van der Waals surface area contributed by atoms with E-state index in [0.717, 1.165) is 12.0 Å². The maximum Gasteiger partial charge on any atom is 0.273 e. The number of halogens is 1. The second-order valence-electron chi connectivity index (χ2n) is 5.80. The number of benzene rings is 2. The summed E-state index contributed by atoms with van der Waals surface area (Å²) >= 11 is 0. The number of hydrogen-bond acceptors (Lipinski definition) is 4. The van der Waals surface area contributed by atoms with Crippen molar-refractivity contribution in [2.75, 3.05) is 6.54 Å². The molecule has 1 aromatic heterocycles. The molecular weight excluding hydrogens is 335 g/mol. The highest BCUT2D eigenvalue weighted by Gasteiger charge is 2.20. The maximum atomic E-state index is 13.2. The Bertz CT molecular complexity index is 878. The molecule has 0 fully saturated rings. The number of carbonyl (C=O) groups is 1. The molecule has 0 bridgehead atoms. The Morgan fingerprint density at radius 1 is 1.19 bits per heavy atom. The highest BCUT2D eigenvalue weighted by atomic mass is 19.1. The molecule has 1 heterocycles. The second kappa shape index (κ2) is 8.29. The van der Waals surface area contributed by atoms with Crippen LogP contribution in [0.2, 0.25) is 0 Å². The summed E-state index contributed by atoms with van der Waals surface area (Å²) in [6.07, 6.45) is 0.721. The number of aromatic nitrogens is 1. The summed E-state index contributed by atoms with van der Waals surface area (Å²) in [7, 11) is 0. The van der Waals surface area contributed by atoms with Crippen molar-refractivity contribution >= 4 is 5.91 Å². The molecule has 0 saturated heterocycles. The third-order valence-electron chi connectivity index (χ3n) is 3.92. The van der Waals surface area contributed by atoms with E-state index < -0.39 is 0 Å². The molecule has 2 aromatic carbocycles. The van der Waals surface area contributed by atoms with Crippen molar-refractivity contribution in [2.45, 2.75) is 20.0 Å². The second-order valence-corrected chi connectivity index (χ2v) is 5.80. The maximum absolute atomic E-state index is 13.2. The molecule has 0 atom stereocenters. The Kier molecular flexibility index (Phi) is 5.63. The summed E-state index contributed by atoms with van der Waals surface area (Å²) in [6.45, 7) is 2.26. The van der Waals surface area contributed by atoms with Crippen LogP contribution < -0.4 is 10.1 Å². The van der Waals surface area contributed by atoms with E-state index in [9.17, 15) is 9.18 Å². The summed E-state index contributed by atoms with van der Waals surface area (Å²) in [5.41, 5.74) is 1.87. The van der Waals surface area contributed by atoms with Gasteiger partial charge in [0.1, 0.15) is 23.9 Å². The quantitative estimate of drug-likeness (QED) is 0.703. The predicted molar refractivity (Wildman–Crippen MR) is 94.5 cm³/mol. The van der Waals surface area contributed by atoms with E-state index in [1.165, 1.54) is 12.1 Å². The number of amides is 1. The van der Waals surface area contributed by atoms with Crippen LogP contribution in [0.3, 0.4) is 0 Å². The van der Waals surface area contributed by atoms with Crippen LogP contribution in [0.25, 0.3) is 0 Å². The largest absolute Gasteiger partial charge is 0.489 e. The number of nitrogens with zero attached hydrogens (tertiary/aromatic N) is 1. The first-order chi connectivity index (χ1) is 12.6. The van der Waals surface area contributed by atoms with Gasteiger partial charge in [-0.15, -0.1) is 0 Å². The molecular formula is C20H19FN2O3. The SMILES string of the molecule is Cc1onc(C(=O)NCCc2ccccc2)c1COc1cccc(F)c1. The number of ether oxygens (including phenoxy) is 1. The fraction of sp³-hybridized carbons (Fsp3) is 0.200. The molecule has 6 heteroatoms. The molecule has 0 spiro atoms. The van der Waals surface area contributed by atoms with E-state index in [0.29, 0.717) is 23.6 Å². The molecule has 0 saturated carbocycles. The van der Waals surface area contributed by atoms with Gasteiger partial charge in [-0.05, 0) is 31.0 Å². The Balaban J connectivity index is 1.60. The minimum Gasteiger partial charge on any atom is -0.489 e. The molecule has 3 aromatic rings. The van der Waals surface area contributed by atoms with Crippen LogP contribution >= 0.6 is 0 Å². The van der Waals surface area contributed by atoms with E-state index in [4.69, 9.17) is 9.26 Å². The lowest BCUT2D eigenvalue weighted by atomic mass is 10.1. The average molecular weight is 354 g/mol. The van der Waals surface area contributed by atoms with Crippen molar-refractivity contribution in [3.63, 3.8) is 0 Å². The van der Waals surface area contributed by atoms with E-state index in [1.54, 1.807) is 19.1 Å². The zero-order valence-electron chi connectivity index (χ0n) is 14.4. The number of aryl methyl sites for hydroxylation is 1. The highest BCUT2D eigenvalue weighted by Crippen LogP contribution is 2.18. The van der Waals surface area contributed by atoms with Gasteiger partial charge in [-0.1, -0.05) is 41.6 Å². The standard InChI is InChI=1S/C20H19FN2O3/c1-14-18(13-25-17-9-5-8-16(21)12-17)19(23-26-14)20(24)22-11-10-15-6-3-2-4-7-15/h2-9,12H,10-11,13H2,1H3,(H,22,24). The highest BCUT2D eigenvalue weighted by molar-refractivity contribution is 5.93. The lowest BCUT2D eigenvalue weighted by molar-refractivity contribution is 0.0943. The van der Waals surface area contributed by atoms with E-state index in [-0.39, 0.29) is 24.0 Å². The van der Waals surface area contributed by atoms with E-state index >= 15 is 0 Å². The molecule has 0 radical (unpaired) electrons. The van der Waals surface area contributed by atoms with Gasteiger partial charge in [0, 0.05) is 12.6 Å². The van der Waals surface area contributed by atoms with Crippen LogP contribution in [0.15, 0.2) is 59.1 Å². The number of nitrogens with one attached hydrogen (secondary N) is 1. The molecule has 3 rings (SSSR count). The molecule has 0 unspecified atom stereocenters. The number of rotatable bonds is 7. The zero-order chi connectivity index (χ0) is 18.4. The van der Waals surface area contributed by atoms with Crippen LogP contribution in [0.1, 0.15) is 27.4 Å². The fourth-order valence-electron chi connectivity index (χ4n) is 2.50. The van der Waals surface area contributed by atoms with Gasteiger partial charge >= 0.3 is 0 Å². The topological polar surface area (TPSA) is 64.4 Å². The molecule has 1 N–H and O–H groups in total. The Morgan fingerprint density at radius 3 is 2.77 bits per heavy atom. The van der Waals surface area contributed by atoms with Gasteiger partial charge in [0.15, 0.2) is 5.69 Å². The van der Waals surface area contributed by atoms with Crippen molar-refractivity contribution in [2.24, 2.45) is 0 Å². The minimum atomic E-state index is -0.386. The fourth-order valence-corrected chi connectivity index (χ4v) is 2.50. The van der Waals surface area contributed by atoms with Crippen molar-refractivity contribution < 1.29 is 18.4 Å². The lowest BCUT2D eigenvalue weighted by Gasteiger charge is -2.07. The molecule has 0 aliphatic carbocycles. The third kappa shape index (κ3) is 4.47. The summed E-state index contributed by atoms with van der Waals surface area (Å²) in [5.74, 6) is 0.162. The molecule has 134 valence electrons. The summed E-state index contributed by atoms with van der Waals surface area (Å²) in [4.78, 5) is 12.4. The summed E-state index contributed by atoms with van der Waals surface area (Å²) < 4.78 is 23.9. The minimum absolute atomic E-state index is 0.0697. The van der Waals surface area contributed by atoms with Gasteiger partial charge in [0.25, 0.3) is 5.91 Å². The van der Waals surface area contributed by atoms with Crippen LogP contribution in [-0.2, 0) is 13.0 Å². The lowest BCUT2D eigenvalue weighted by Crippen LogP contribution is -2.27. The van der Waals surface area contributed by atoms with Crippen molar-refractivity contribution in [3.05, 3.63) is 83.0 Å². The monoisotopic (exact) mass is 354 g/mol. The number of hydrogen-bond donors (Lipinski definition) is 1. The van der Waals surface area contributed by atoms with Gasteiger partial charge in [0.2, 0.25) is 0 Å². The number of carbonyl (C=O) groups excluding carboxylic acids is 1. The Hall–Kier alpha value is -3.15. The molecule has 5 nitrogen and oxygen atoms in total. The molecule has 0 aliphatic heterocycles. The first kappa shape index (κ1) is 17.7. The van der Waals surface area contributed by atoms with Crippen molar-refractivity contribution in [3.8, 4) is 5.75 Å². The molecule has 1 amide bonds. The normalized spacial score (nSPS) is 10.5. The van der Waals surface area contributed by atoms with Gasteiger partial charge in [-0.3, -0.25) is 4.79 Å². The third-order valence-corrected chi connectivity index (χ3v) is 3.92. The van der Waals surface area contributed by atoms with E-state index in [2.05, 4.69) is 10.5 Å². The average Bonchev–Trinajstić information content (AvgIpc) is 3.01. The molecule has 26 heavy (non-hydrogen) atoms. The molecule has 0 aliphatic rings. The van der Waals surface area contributed by atoms with Gasteiger partial charge in [0.05, 0.1) is 5.56 Å². The van der Waals surface area contributed by atoms with Gasteiger partial charge in [-0.2, -0.15) is 0 Å². The Morgan fingerprint density at radius 2 is 2.00 bits per heavy atom. The van der Waals surface area contributed by atoms with Crippen LogP contribution in [0, 0.1) is 12.7 Å². The van der Waals surface area contributed by atoms with Crippen molar-refractivity contribution in [1.29, 1.82) is 0 Å². The van der Waals surface area contributed by atoms with Crippen molar-refractivity contribution in [1.82, 2.24) is 10.5 Å². The van der Waals surface area contributed by atoms with Crippen LogP contribution in [0.4, 0.5) is 4.39 Å². The van der Waals surface area contributed by atoms with Gasteiger partial charge < -0.3 is 14.6 Å².